The summed E-state index contributed by atoms with van der Waals surface area (Å²) in [5.41, 5.74) is 2.32. The molecule has 2 amide bonds. The van der Waals surface area contributed by atoms with Gasteiger partial charge < -0.3 is 10.6 Å². The highest BCUT2D eigenvalue weighted by molar-refractivity contribution is 6.07. The minimum Gasteiger partial charge on any atom is -0.319 e. The molecule has 0 atom stereocenters. The smallest absolute Gasteiger partial charge is 0.255 e. The Kier molecular flexibility index (Phi) is 5.49. The Hall–Kier alpha value is -3.54. The zero-order chi connectivity index (χ0) is 20.3. The number of hydrogen-bond donors (Lipinski definition) is 2. The topological polar surface area (TPSA) is 58.2 Å². The lowest BCUT2D eigenvalue weighted by atomic mass is 10.1. The van der Waals surface area contributed by atoms with Crippen molar-refractivity contribution in [2.75, 3.05) is 10.6 Å². The number of benzene rings is 3. The van der Waals surface area contributed by atoms with Crippen LogP contribution in [0.2, 0.25) is 0 Å². The van der Waals surface area contributed by atoms with E-state index in [1.165, 1.54) is 48.5 Å². The third-order valence-corrected chi connectivity index (χ3v) is 4.15. The molecule has 28 heavy (non-hydrogen) atoms. The van der Waals surface area contributed by atoms with Crippen molar-refractivity contribution in [2.45, 2.75) is 13.8 Å². The Morgan fingerprint density at radius 1 is 0.643 bits per heavy atom. The van der Waals surface area contributed by atoms with E-state index in [1.807, 2.05) is 0 Å². The monoisotopic (exact) mass is 380 g/mol. The van der Waals surface area contributed by atoms with Crippen molar-refractivity contribution < 1.29 is 18.4 Å². The van der Waals surface area contributed by atoms with Gasteiger partial charge in [-0.05, 0) is 73.5 Å². The lowest BCUT2D eigenvalue weighted by Crippen LogP contribution is -2.15. The van der Waals surface area contributed by atoms with Gasteiger partial charge in [0, 0.05) is 11.1 Å². The van der Waals surface area contributed by atoms with Gasteiger partial charge in [0.25, 0.3) is 11.8 Å². The number of carbonyl (C=O) groups is 2. The summed E-state index contributed by atoms with van der Waals surface area (Å²) in [5.74, 6) is -2.06. The first kappa shape index (κ1) is 19.2. The minimum atomic E-state index is -0.532. The van der Waals surface area contributed by atoms with Crippen LogP contribution in [0.4, 0.5) is 20.2 Å². The Morgan fingerprint density at radius 3 is 1.36 bits per heavy atom. The number of hydrogen-bond acceptors (Lipinski definition) is 2. The van der Waals surface area contributed by atoms with Crippen molar-refractivity contribution in [3.63, 3.8) is 0 Å². The van der Waals surface area contributed by atoms with Gasteiger partial charge in [-0.15, -0.1) is 0 Å². The number of halogens is 2. The third kappa shape index (κ3) is 4.40. The summed E-state index contributed by atoms with van der Waals surface area (Å²) in [4.78, 5) is 24.6. The Bertz CT molecular complexity index is 962. The number of aryl methyl sites for hydroxylation is 2. The van der Waals surface area contributed by atoms with Crippen LogP contribution in [0.15, 0.2) is 60.7 Å². The molecule has 6 heteroatoms. The number of carbonyl (C=O) groups excluding carboxylic acids is 2. The Labute approximate surface area is 161 Å². The second-order valence-electron chi connectivity index (χ2n) is 6.45. The zero-order valence-corrected chi connectivity index (χ0v) is 15.3. The predicted molar refractivity (Wildman–Crippen MR) is 105 cm³/mol. The van der Waals surface area contributed by atoms with Gasteiger partial charge in [0.05, 0.1) is 11.4 Å². The van der Waals surface area contributed by atoms with E-state index in [2.05, 4.69) is 10.6 Å². The molecule has 0 aliphatic rings. The normalized spacial score (nSPS) is 10.4. The van der Waals surface area contributed by atoms with Crippen LogP contribution in [0.5, 0.6) is 0 Å². The zero-order valence-electron chi connectivity index (χ0n) is 15.3. The molecule has 0 aliphatic carbocycles. The van der Waals surface area contributed by atoms with E-state index in [4.69, 9.17) is 0 Å². The van der Waals surface area contributed by atoms with Gasteiger partial charge in [-0.2, -0.15) is 0 Å². The maximum atomic E-state index is 13.8. The summed E-state index contributed by atoms with van der Waals surface area (Å²) >= 11 is 0. The van der Waals surface area contributed by atoms with Crippen LogP contribution < -0.4 is 10.6 Å². The maximum absolute atomic E-state index is 13.8. The molecular formula is C22H18F2N2O2. The molecule has 3 aromatic rings. The highest BCUT2D eigenvalue weighted by Gasteiger charge is 2.13. The summed E-state index contributed by atoms with van der Waals surface area (Å²) in [6, 6.07) is 14.6. The number of amides is 2. The van der Waals surface area contributed by atoms with Crippen LogP contribution in [0, 0.1) is 25.5 Å². The van der Waals surface area contributed by atoms with Crippen LogP contribution in [-0.2, 0) is 0 Å². The molecule has 0 bridgehead atoms. The first-order chi connectivity index (χ1) is 13.3. The van der Waals surface area contributed by atoms with E-state index in [1.54, 1.807) is 26.0 Å². The standard InChI is InChI=1S/C22H18F2N2O2/c1-13-3-9-17(23)19(11-13)25-21(27)15-5-7-16(8-6-15)22(28)26-20-12-14(2)4-10-18(20)24/h3-12H,1-2H3,(H,25,27)(H,26,28). The van der Waals surface area contributed by atoms with Gasteiger partial charge in [-0.25, -0.2) is 8.78 Å². The molecule has 0 aromatic heterocycles. The SMILES string of the molecule is Cc1ccc(F)c(NC(=O)c2ccc(C(=O)Nc3cc(C)ccc3F)cc2)c1. The van der Waals surface area contributed by atoms with Gasteiger partial charge in [-0.3, -0.25) is 9.59 Å². The molecule has 4 nitrogen and oxygen atoms in total. The van der Waals surface area contributed by atoms with Gasteiger partial charge >= 0.3 is 0 Å². The first-order valence-electron chi connectivity index (χ1n) is 8.58. The molecule has 2 N–H and O–H groups in total. The maximum Gasteiger partial charge on any atom is 0.255 e. The van der Waals surface area contributed by atoms with Crippen LogP contribution in [0.3, 0.4) is 0 Å². The van der Waals surface area contributed by atoms with Crippen molar-refractivity contribution in [3.8, 4) is 0 Å². The third-order valence-electron chi connectivity index (χ3n) is 4.15. The van der Waals surface area contributed by atoms with Crippen molar-refractivity contribution in [3.05, 3.63) is 94.6 Å². The fraction of sp³-hybridized carbons (Fsp3) is 0.0909. The van der Waals surface area contributed by atoms with E-state index >= 15 is 0 Å². The molecular weight excluding hydrogens is 362 g/mol. The van der Waals surface area contributed by atoms with Crippen molar-refractivity contribution in [1.82, 2.24) is 0 Å². The predicted octanol–water partition coefficient (Wildman–Crippen LogP) is 5.09. The average Bonchev–Trinajstić information content (AvgIpc) is 2.67. The van der Waals surface area contributed by atoms with Crippen molar-refractivity contribution in [2.24, 2.45) is 0 Å². The molecule has 0 saturated heterocycles. The van der Waals surface area contributed by atoms with Gasteiger partial charge in [0.15, 0.2) is 0 Å². The summed E-state index contributed by atoms with van der Waals surface area (Å²) in [7, 11) is 0. The Morgan fingerprint density at radius 2 is 1.00 bits per heavy atom. The van der Waals surface area contributed by atoms with E-state index < -0.39 is 23.4 Å². The molecule has 0 saturated carbocycles. The van der Waals surface area contributed by atoms with Crippen LogP contribution >= 0.6 is 0 Å². The lowest BCUT2D eigenvalue weighted by Gasteiger charge is -2.09. The molecule has 0 fully saturated rings. The second-order valence-corrected chi connectivity index (χ2v) is 6.45. The highest BCUT2D eigenvalue weighted by atomic mass is 19.1. The van der Waals surface area contributed by atoms with Crippen LogP contribution in [-0.4, -0.2) is 11.8 Å². The van der Waals surface area contributed by atoms with Crippen LogP contribution in [0.1, 0.15) is 31.8 Å². The van der Waals surface area contributed by atoms with E-state index in [0.717, 1.165) is 11.1 Å². The van der Waals surface area contributed by atoms with Crippen molar-refractivity contribution in [1.29, 1.82) is 0 Å². The lowest BCUT2D eigenvalue weighted by molar-refractivity contribution is 0.101. The van der Waals surface area contributed by atoms with Gasteiger partial charge in [0.2, 0.25) is 0 Å². The molecule has 3 rings (SSSR count). The molecule has 3 aromatic carbocycles. The molecule has 0 radical (unpaired) electrons. The highest BCUT2D eigenvalue weighted by Crippen LogP contribution is 2.19. The summed E-state index contributed by atoms with van der Waals surface area (Å²) in [6.45, 7) is 3.58. The number of anilines is 2. The molecule has 0 spiro atoms. The van der Waals surface area contributed by atoms with E-state index in [-0.39, 0.29) is 22.5 Å². The average molecular weight is 380 g/mol. The van der Waals surface area contributed by atoms with E-state index in [9.17, 15) is 18.4 Å². The van der Waals surface area contributed by atoms with Crippen LogP contribution in [0.25, 0.3) is 0 Å². The summed E-state index contributed by atoms with van der Waals surface area (Å²) in [5, 5.41) is 5.01. The fourth-order valence-electron chi connectivity index (χ4n) is 2.63. The molecule has 0 unspecified atom stereocenters. The molecule has 142 valence electrons. The number of rotatable bonds is 4. The number of nitrogens with one attached hydrogen (secondary N) is 2. The fourth-order valence-corrected chi connectivity index (χ4v) is 2.63. The Balaban J connectivity index is 1.72. The summed E-state index contributed by atoms with van der Waals surface area (Å²) in [6.07, 6.45) is 0. The first-order valence-corrected chi connectivity index (χ1v) is 8.58. The van der Waals surface area contributed by atoms with E-state index in [0.29, 0.717) is 0 Å². The van der Waals surface area contributed by atoms with Gasteiger partial charge in [-0.1, -0.05) is 12.1 Å². The summed E-state index contributed by atoms with van der Waals surface area (Å²) < 4.78 is 27.6. The molecule has 0 aliphatic heterocycles. The van der Waals surface area contributed by atoms with Crippen molar-refractivity contribution >= 4 is 23.2 Å². The quantitative estimate of drug-likeness (QED) is 0.663. The minimum absolute atomic E-state index is 0.0849. The van der Waals surface area contributed by atoms with Gasteiger partial charge in [0.1, 0.15) is 11.6 Å². The molecule has 0 heterocycles. The largest absolute Gasteiger partial charge is 0.319 e. The second kappa shape index (κ2) is 8.00.